The zero-order valence-electron chi connectivity index (χ0n) is 9.14. The highest BCUT2D eigenvalue weighted by atomic mass is 32.2. The van der Waals surface area contributed by atoms with E-state index in [4.69, 9.17) is 10.8 Å². The summed E-state index contributed by atoms with van der Waals surface area (Å²) < 4.78 is 0. The summed E-state index contributed by atoms with van der Waals surface area (Å²) in [5, 5.41) is 8.84. The summed E-state index contributed by atoms with van der Waals surface area (Å²) in [4.78, 5) is 12.1. The van der Waals surface area contributed by atoms with E-state index in [2.05, 4.69) is 0 Å². The van der Waals surface area contributed by atoms with Crippen LogP contribution in [0.1, 0.15) is 18.4 Å². The Labute approximate surface area is 99.0 Å². The smallest absolute Gasteiger partial charge is 0.317 e. The zero-order valence-corrected chi connectivity index (χ0v) is 9.96. The molecule has 0 saturated heterocycles. The van der Waals surface area contributed by atoms with Gasteiger partial charge in [0.1, 0.15) is 5.25 Å². The van der Waals surface area contributed by atoms with Crippen molar-refractivity contribution in [1.29, 1.82) is 0 Å². The molecule has 16 heavy (non-hydrogen) atoms. The summed E-state index contributed by atoms with van der Waals surface area (Å²) >= 11 is 1.45. The molecule has 3 N–H and O–H groups in total. The lowest BCUT2D eigenvalue weighted by Crippen LogP contribution is -2.18. The number of benzene rings is 1. The second kappa shape index (κ2) is 4.37. The van der Waals surface area contributed by atoms with Crippen LogP contribution in [-0.4, -0.2) is 16.3 Å². The standard InChI is InChI=1S/C12H15NO2S/c1-7-6-9(13)4-5-10(7)16-11(12(14)15)8-2-3-8/h4-6,8,11H,2-3,13H2,1H3,(H,14,15). The Bertz CT molecular complexity index is 415. The summed E-state index contributed by atoms with van der Waals surface area (Å²) in [5.41, 5.74) is 7.44. The minimum atomic E-state index is -0.705. The third kappa shape index (κ3) is 2.50. The van der Waals surface area contributed by atoms with Crippen molar-refractivity contribution >= 4 is 23.4 Å². The first-order valence-electron chi connectivity index (χ1n) is 5.33. The molecule has 1 aromatic carbocycles. The van der Waals surface area contributed by atoms with E-state index in [1.165, 1.54) is 11.8 Å². The lowest BCUT2D eigenvalue weighted by Gasteiger charge is -2.12. The van der Waals surface area contributed by atoms with Crippen molar-refractivity contribution in [1.82, 2.24) is 0 Å². The summed E-state index contributed by atoms with van der Waals surface area (Å²) in [7, 11) is 0. The molecule has 0 radical (unpaired) electrons. The maximum absolute atomic E-state index is 11.1. The third-order valence-corrected chi connectivity index (χ3v) is 4.30. The van der Waals surface area contributed by atoms with Crippen LogP contribution in [0.3, 0.4) is 0 Å². The number of nitrogens with two attached hydrogens (primary N) is 1. The summed E-state index contributed by atoms with van der Waals surface area (Å²) in [6.45, 7) is 1.96. The van der Waals surface area contributed by atoms with Crippen molar-refractivity contribution in [2.45, 2.75) is 29.9 Å². The molecule has 1 aliphatic carbocycles. The zero-order chi connectivity index (χ0) is 11.7. The number of aryl methyl sites for hydroxylation is 1. The van der Waals surface area contributed by atoms with E-state index >= 15 is 0 Å². The van der Waals surface area contributed by atoms with Crippen LogP contribution >= 0.6 is 11.8 Å². The van der Waals surface area contributed by atoms with Crippen molar-refractivity contribution in [3.05, 3.63) is 23.8 Å². The van der Waals surface area contributed by atoms with Gasteiger partial charge in [0.25, 0.3) is 0 Å². The van der Waals surface area contributed by atoms with Gasteiger partial charge in [-0.05, 0) is 49.4 Å². The van der Waals surface area contributed by atoms with Crippen LogP contribution in [0.5, 0.6) is 0 Å². The Kier molecular flexibility index (Phi) is 3.10. The fraction of sp³-hybridized carbons (Fsp3) is 0.417. The van der Waals surface area contributed by atoms with Gasteiger partial charge in [-0.15, -0.1) is 11.8 Å². The summed E-state index contributed by atoms with van der Waals surface area (Å²) in [6, 6.07) is 5.61. The Morgan fingerprint density at radius 1 is 1.56 bits per heavy atom. The van der Waals surface area contributed by atoms with Crippen LogP contribution in [0.4, 0.5) is 5.69 Å². The molecule has 0 aliphatic heterocycles. The molecule has 0 bridgehead atoms. The second-order valence-electron chi connectivity index (χ2n) is 4.24. The molecular formula is C12H15NO2S. The highest BCUT2D eigenvalue weighted by Crippen LogP contribution is 2.42. The maximum atomic E-state index is 11.1. The first-order chi connectivity index (χ1) is 7.58. The average molecular weight is 237 g/mol. The Balaban J connectivity index is 2.15. The predicted octanol–water partition coefficient (Wildman–Crippen LogP) is 2.53. The van der Waals surface area contributed by atoms with Gasteiger partial charge in [-0.1, -0.05) is 0 Å². The van der Waals surface area contributed by atoms with Gasteiger partial charge in [-0.2, -0.15) is 0 Å². The molecule has 1 aromatic rings. The SMILES string of the molecule is Cc1cc(N)ccc1SC(C(=O)O)C1CC1. The summed E-state index contributed by atoms with van der Waals surface area (Å²) in [6.07, 6.45) is 2.08. The monoisotopic (exact) mass is 237 g/mol. The lowest BCUT2D eigenvalue weighted by molar-refractivity contribution is -0.136. The van der Waals surface area contributed by atoms with Crippen LogP contribution in [-0.2, 0) is 4.79 Å². The number of hydrogen-bond donors (Lipinski definition) is 2. The van der Waals surface area contributed by atoms with Gasteiger partial charge in [0.15, 0.2) is 0 Å². The fourth-order valence-corrected chi connectivity index (χ4v) is 2.92. The van der Waals surface area contributed by atoms with Gasteiger partial charge in [0.2, 0.25) is 0 Å². The minimum absolute atomic E-state index is 0.303. The number of rotatable bonds is 4. The van der Waals surface area contributed by atoms with Crippen LogP contribution in [0.25, 0.3) is 0 Å². The van der Waals surface area contributed by atoms with Crippen molar-refractivity contribution < 1.29 is 9.90 Å². The molecule has 0 spiro atoms. The number of hydrogen-bond acceptors (Lipinski definition) is 3. The van der Waals surface area contributed by atoms with Crippen LogP contribution in [0.15, 0.2) is 23.1 Å². The molecule has 1 saturated carbocycles. The first-order valence-corrected chi connectivity index (χ1v) is 6.21. The van der Waals surface area contributed by atoms with E-state index in [-0.39, 0.29) is 5.25 Å². The first kappa shape index (κ1) is 11.3. The second-order valence-corrected chi connectivity index (χ2v) is 5.42. The molecule has 3 nitrogen and oxygen atoms in total. The Morgan fingerprint density at radius 3 is 2.75 bits per heavy atom. The normalized spacial score (nSPS) is 17.1. The molecule has 2 rings (SSSR count). The van der Waals surface area contributed by atoms with Gasteiger partial charge < -0.3 is 10.8 Å². The van der Waals surface area contributed by atoms with E-state index in [0.717, 1.165) is 29.0 Å². The largest absolute Gasteiger partial charge is 0.480 e. The van der Waals surface area contributed by atoms with E-state index in [0.29, 0.717) is 5.92 Å². The number of carboxylic acid groups (broad SMARTS) is 1. The third-order valence-electron chi connectivity index (χ3n) is 2.75. The Hall–Kier alpha value is -1.16. The molecule has 1 aliphatic rings. The van der Waals surface area contributed by atoms with E-state index < -0.39 is 5.97 Å². The average Bonchev–Trinajstić information content (AvgIpc) is 2.99. The molecule has 4 heteroatoms. The molecule has 86 valence electrons. The quantitative estimate of drug-likeness (QED) is 0.624. The maximum Gasteiger partial charge on any atom is 0.317 e. The molecule has 0 heterocycles. The topological polar surface area (TPSA) is 63.3 Å². The van der Waals surface area contributed by atoms with Crippen molar-refractivity contribution in [3.8, 4) is 0 Å². The lowest BCUT2D eigenvalue weighted by atomic mass is 10.2. The van der Waals surface area contributed by atoms with E-state index in [1.54, 1.807) is 0 Å². The number of nitrogen functional groups attached to an aromatic ring is 1. The van der Waals surface area contributed by atoms with Gasteiger partial charge >= 0.3 is 5.97 Å². The predicted molar refractivity (Wildman–Crippen MR) is 65.6 cm³/mol. The van der Waals surface area contributed by atoms with Crippen LogP contribution < -0.4 is 5.73 Å². The van der Waals surface area contributed by atoms with Gasteiger partial charge in [0.05, 0.1) is 0 Å². The summed E-state index contributed by atoms with van der Waals surface area (Å²) in [5.74, 6) is -0.358. The number of carboxylic acids is 1. The van der Waals surface area contributed by atoms with Crippen molar-refractivity contribution in [3.63, 3.8) is 0 Å². The number of anilines is 1. The number of thioether (sulfide) groups is 1. The highest BCUT2D eigenvalue weighted by Gasteiger charge is 2.37. The van der Waals surface area contributed by atoms with E-state index in [1.807, 2.05) is 25.1 Å². The highest BCUT2D eigenvalue weighted by molar-refractivity contribution is 8.00. The van der Waals surface area contributed by atoms with Gasteiger partial charge in [-0.25, -0.2) is 0 Å². The molecule has 0 aromatic heterocycles. The minimum Gasteiger partial charge on any atom is -0.480 e. The van der Waals surface area contributed by atoms with Crippen LogP contribution in [0.2, 0.25) is 0 Å². The van der Waals surface area contributed by atoms with E-state index in [9.17, 15) is 4.79 Å². The van der Waals surface area contributed by atoms with Crippen LogP contribution in [0, 0.1) is 12.8 Å². The molecule has 0 amide bonds. The Morgan fingerprint density at radius 2 is 2.25 bits per heavy atom. The molecule has 1 fully saturated rings. The molecule has 1 unspecified atom stereocenters. The molecular weight excluding hydrogens is 222 g/mol. The fourth-order valence-electron chi connectivity index (χ4n) is 1.69. The van der Waals surface area contributed by atoms with Gasteiger partial charge in [0, 0.05) is 10.6 Å². The van der Waals surface area contributed by atoms with Gasteiger partial charge in [-0.3, -0.25) is 4.79 Å². The number of aliphatic carboxylic acids is 1. The van der Waals surface area contributed by atoms with Crippen molar-refractivity contribution in [2.75, 3.05) is 5.73 Å². The number of carbonyl (C=O) groups is 1. The van der Waals surface area contributed by atoms with Crippen molar-refractivity contribution in [2.24, 2.45) is 5.92 Å². The molecule has 1 atom stereocenters.